The molecule has 0 saturated heterocycles. The predicted octanol–water partition coefficient (Wildman–Crippen LogP) is 3.09. The summed E-state index contributed by atoms with van der Waals surface area (Å²) in [5, 5.41) is 5.93. The lowest BCUT2D eigenvalue weighted by Crippen LogP contribution is -2.41. The number of hydrogen-bond acceptors (Lipinski definition) is 8. The predicted molar refractivity (Wildman–Crippen MR) is 160 cm³/mol. The van der Waals surface area contributed by atoms with Gasteiger partial charge in [0.05, 0.1) is 6.04 Å². The smallest absolute Gasteiger partial charge is 0.270 e. The maximum atomic E-state index is 13.1. The van der Waals surface area contributed by atoms with E-state index in [1.165, 1.54) is 29.1 Å². The number of rotatable bonds is 6. The van der Waals surface area contributed by atoms with Gasteiger partial charge in [-0.25, -0.2) is 9.97 Å². The van der Waals surface area contributed by atoms with Crippen LogP contribution in [-0.4, -0.2) is 28.3 Å². The molecule has 1 aliphatic heterocycles. The van der Waals surface area contributed by atoms with E-state index in [4.69, 9.17) is 5.73 Å². The van der Waals surface area contributed by atoms with Crippen molar-refractivity contribution in [2.24, 2.45) is 0 Å². The first-order chi connectivity index (χ1) is 20.2. The van der Waals surface area contributed by atoms with Crippen molar-refractivity contribution in [2.75, 3.05) is 17.2 Å². The monoisotopic (exact) mass is 564 g/mol. The molecule has 214 valence electrons. The average molecular weight is 565 g/mol. The Balaban J connectivity index is 1.14. The zero-order valence-electron chi connectivity index (χ0n) is 23.6. The van der Waals surface area contributed by atoms with E-state index in [9.17, 15) is 19.2 Å². The van der Waals surface area contributed by atoms with Crippen molar-refractivity contribution in [3.05, 3.63) is 108 Å². The van der Waals surface area contributed by atoms with Crippen LogP contribution in [0.5, 0.6) is 0 Å². The summed E-state index contributed by atoms with van der Waals surface area (Å²) < 4.78 is 0. The number of aromatic nitrogens is 2. The number of nitrogens with two attached hydrogens (primary N) is 1. The van der Waals surface area contributed by atoms with Gasteiger partial charge >= 0.3 is 0 Å². The lowest BCUT2D eigenvalue weighted by atomic mass is 9.99. The largest absolute Gasteiger partial charge is 0.394 e. The summed E-state index contributed by atoms with van der Waals surface area (Å²) in [6.07, 6.45) is 5.59. The minimum Gasteiger partial charge on any atom is -0.394 e. The van der Waals surface area contributed by atoms with Gasteiger partial charge in [-0.05, 0) is 85.4 Å². The van der Waals surface area contributed by atoms with E-state index in [0.717, 1.165) is 54.5 Å². The van der Waals surface area contributed by atoms with Crippen molar-refractivity contribution in [3.63, 3.8) is 0 Å². The zero-order chi connectivity index (χ0) is 29.5. The summed E-state index contributed by atoms with van der Waals surface area (Å²) in [5.41, 5.74) is 12.7. The SMILES string of the molecule is Cc1ccc2c(c1C)CC[C@@H]2NC(=O)c1cc(C(=O)NCc2ccc3c(c2)N(c2c(N)c(=O)c2=O)CCCC3)ncn1. The standard InChI is InChI=1S/C32H32N6O4/c1-17-6-9-22-21(18(17)2)10-11-23(22)37-32(42)25-14-24(35-16-36-25)31(41)34-15-19-7-8-20-5-3-4-12-38(26(20)13-19)28-27(33)29(39)30(28)40/h6-9,13-14,16,23H,3-5,10-12,15,33H2,1-2H3,(H,34,41)(H,37,42)/t23-/m0/s1. The molecular formula is C32H32N6O4. The Bertz CT molecular complexity index is 1810. The zero-order valence-corrected chi connectivity index (χ0v) is 23.6. The molecule has 2 aliphatic rings. The fourth-order valence-electron chi connectivity index (χ4n) is 6.04. The number of nitrogens with one attached hydrogen (secondary N) is 2. The number of nitrogen functional groups attached to an aromatic ring is 1. The maximum Gasteiger partial charge on any atom is 0.270 e. The second-order valence-electron chi connectivity index (χ2n) is 11.1. The lowest BCUT2D eigenvalue weighted by molar-refractivity contribution is 0.0931. The Morgan fingerprint density at radius 2 is 1.76 bits per heavy atom. The van der Waals surface area contributed by atoms with Crippen molar-refractivity contribution in [2.45, 2.75) is 58.5 Å². The molecular weight excluding hydrogens is 532 g/mol. The highest BCUT2D eigenvalue weighted by atomic mass is 16.2. The molecule has 0 radical (unpaired) electrons. The van der Waals surface area contributed by atoms with E-state index in [-0.39, 0.29) is 41.3 Å². The molecule has 0 saturated carbocycles. The molecule has 4 N–H and O–H groups in total. The van der Waals surface area contributed by atoms with E-state index < -0.39 is 16.8 Å². The van der Waals surface area contributed by atoms with E-state index in [2.05, 4.69) is 46.6 Å². The number of aryl methyl sites for hydroxylation is 2. The first-order valence-electron chi connectivity index (χ1n) is 14.2. The first kappa shape index (κ1) is 27.3. The summed E-state index contributed by atoms with van der Waals surface area (Å²) in [6.45, 7) is 4.98. The number of anilines is 3. The highest BCUT2D eigenvalue weighted by Crippen LogP contribution is 2.35. The molecule has 0 fully saturated rings. The molecule has 0 spiro atoms. The summed E-state index contributed by atoms with van der Waals surface area (Å²) >= 11 is 0. The Morgan fingerprint density at radius 3 is 2.55 bits per heavy atom. The second-order valence-corrected chi connectivity index (χ2v) is 11.1. The molecule has 10 nitrogen and oxygen atoms in total. The van der Waals surface area contributed by atoms with Gasteiger partial charge in [0.1, 0.15) is 29.1 Å². The topological polar surface area (TPSA) is 147 Å². The first-order valence-corrected chi connectivity index (χ1v) is 14.2. The number of nitrogens with zero attached hydrogens (tertiary/aromatic N) is 3. The van der Waals surface area contributed by atoms with Crippen LogP contribution in [0.15, 0.2) is 52.3 Å². The van der Waals surface area contributed by atoms with E-state index in [1.807, 2.05) is 23.1 Å². The van der Waals surface area contributed by atoms with Crippen molar-refractivity contribution in [3.8, 4) is 0 Å². The summed E-state index contributed by atoms with van der Waals surface area (Å²) in [5.74, 6) is -0.798. The Labute approximate surface area is 242 Å². The molecule has 1 aliphatic carbocycles. The van der Waals surface area contributed by atoms with Crippen LogP contribution in [0.2, 0.25) is 0 Å². The Morgan fingerprint density at radius 1 is 0.976 bits per heavy atom. The molecule has 42 heavy (non-hydrogen) atoms. The molecule has 2 heterocycles. The molecule has 1 atom stereocenters. The number of fused-ring (bicyclic) bond motifs is 2. The molecule has 0 unspecified atom stereocenters. The van der Waals surface area contributed by atoms with Gasteiger partial charge < -0.3 is 21.3 Å². The van der Waals surface area contributed by atoms with Crippen molar-refractivity contribution in [1.29, 1.82) is 0 Å². The van der Waals surface area contributed by atoms with Gasteiger partial charge in [-0.3, -0.25) is 19.2 Å². The quantitative estimate of drug-likeness (QED) is 0.303. The minimum atomic E-state index is -0.643. The van der Waals surface area contributed by atoms with Crippen LogP contribution < -0.4 is 32.1 Å². The van der Waals surface area contributed by atoms with Gasteiger partial charge in [-0.1, -0.05) is 24.3 Å². The molecule has 10 heteroatoms. The van der Waals surface area contributed by atoms with Crippen LogP contribution in [0.4, 0.5) is 17.1 Å². The van der Waals surface area contributed by atoms with Crippen molar-refractivity contribution >= 4 is 28.9 Å². The fraction of sp³-hybridized carbons (Fsp3) is 0.312. The van der Waals surface area contributed by atoms with Gasteiger partial charge in [0.25, 0.3) is 22.7 Å². The van der Waals surface area contributed by atoms with Gasteiger partial charge in [0, 0.05) is 24.8 Å². The van der Waals surface area contributed by atoms with Crippen LogP contribution in [0.1, 0.15) is 79.7 Å². The molecule has 1 aromatic heterocycles. The third-order valence-corrected chi connectivity index (χ3v) is 8.56. The normalized spacial score (nSPS) is 16.0. The van der Waals surface area contributed by atoms with Crippen LogP contribution in [0, 0.1) is 13.8 Å². The van der Waals surface area contributed by atoms with Gasteiger partial charge in [0.15, 0.2) is 0 Å². The highest BCUT2D eigenvalue weighted by Gasteiger charge is 2.28. The van der Waals surface area contributed by atoms with Crippen molar-refractivity contribution < 1.29 is 9.59 Å². The molecule has 3 aromatic carbocycles. The summed E-state index contributed by atoms with van der Waals surface area (Å²) in [7, 11) is 0. The maximum absolute atomic E-state index is 13.1. The van der Waals surface area contributed by atoms with Crippen LogP contribution >= 0.6 is 0 Å². The highest BCUT2D eigenvalue weighted by molar-refractivity contribution is 5.97. The third-order valence-electron chi connectivity index (χ3n) is 8.56. The van der Waals surface area contributed by atoms with Crippen LogP contribution in [-0.2, 0) is 19.4 Å². The van der Waals surface area contributed by atoms with Gasteiger partial charge in [0.2, 0.25) is 0 Å². The lowest BCUT2D eigenvalue weighted by Gasteiger charge is -2.27. The second kappa shape index (κ2) is 10.8. The fourth-order valence-corrected chi connectivity index (χ4v) is 6.04. The number of benzene rings is 2. The Hall–Kier alpha value is -4.86. The van der Waals surface area contributed by atoms with Gasteiger partial charge in [-0.15, -0.1) is 0 Å². The molecule has 4 aromatic rings. The minimum absolute atomic E-state index is 0.00231. The molecule has 6 rings (SSSR count). The number of carbonyl (C=O) groups is 2. The number of amides is 2. The van der Waals surface area contributed by atoms with E-state index >= 15 is 0 Å². The van der Waals surface area contributed by atoms with Crippen LogP contribution in [0.25, 0.3) is 0 Å². The summed E-state index contributed by atoms with van der Waals surface area (Å²) in [6, 6.07) is 11.3. The third kappa shape index (κ3) is 4.82. The number of carbonyl (C=O) groups excluding carboxylic acids is 2. The van der Waals surface area contributed by atoms with E-state index in [0.29, 0.717) is 6.54 Å². The number of hydrogen-bond donors (Lipinski definition) is 3. The molecule has 2 amide bonds. The Kier molecular flexibility index (Phi) is 7.06. The van der Waals surface area contributed by atoms with Crippen LogP contribution in [0.3, 0.4) is 0 Å². The average Bonchev–Trinajstić information content (AvgIpc) is 3.30. The van der Waals surface area contributed by atoms with Gasteiger partial charge in [-0.2, -0.15) is 0 Å². The van der Waals surface area contributed by atoms with Crippen molar-refractivity contribution in [1.82, 2.24) is 20.6 Å². The summed E-state index contributed by atoms with van der Waals surface area (Å²) in [4.78, 5) is 60.1. The molecule has 0 bridgehead atoms. The van der Waals surface area contributed by atoms with E-state index in [1.54, 1.807) is 0 Å².